The van der Waals surface area contributed by atoms with Crippen LogP contribution in [-0.4, -0.2) is 16.2 Å². The molecule has 0 radical (unpaired) electrons. The number of hydrogen-bond donors (Lipinski definition) is 0. The fourth-order valence-electron chi connectivity index (χ4n) is 3.10. The van der Waals surface area contributed by atoms with E-state index in [4.69, 9.17) is 9.72 Å². The summed E-state index contributed by atoms with van der Waals surface area (Å²) in [6.07, 6.45) is 1.94. The summed E-state index contributed by atoms with van der Waals surface area (Å²) in [5.41, 5.74) is 3.75. The SMILES string of the molecule is Cc1cccc(OCCCn2c(CC(C)(C)C)nc3ccccc32)c1. The van der Waals surface area contributed by atoms with Crippen molar-refractivity contribution >= 4 is 11.0 Å². The predicted molar refractivity (Wildman–Crippen MR) is 104 cm³/mol. The minimum Gasteiger partial charge on any atom is -0.494 e. The Morgan fingerprint density at radius 3 is 2.60 bits per heavy atom. The van der Waals surface area contributed by atoms with Crippen LogP contribution in [0.25, 0.3) is 11.0 Å². The molecule has 1 aromatic heterocycles. The van der Waals surface area contributed by atoms with Crippen molar-refractivity contribution in [2.24, 2.45) is 5.41 Å². The second kappa shape index (κ2) is 7.30. The second-order valence-electron chi connectivity index (χ2n) is 7.92. The molecule has 2 aromatic carbocycles. The first-order valence-corrected chi connectivity index (χ1v) is 9.06. The van der Waals surface area contributed by atoms with Crippen molar-refractivity contribution in [3.63, 3.8) is 0 Å². The van der Waals surface area contributed by atoms with Gasteiger partial charge in [-0.15, -0.1) is 0 Å². The highest BCUT2D eigenvalue weighted by atomic mass is 16.5. The zero-order valence-corrected chi connectivity index (χ0v) is 15.7. The summed E-state index contributed by atoms with van der Waals surface area (Å²) in [5, 5.41) is 0. The average molecular weight is 336 g/mol. The molecule has 3 nitrogen and oxygen atoms in total. The van der Waals surface area contributed by atoms with Gasteiger partial charge in [-0.1, -0.05) is 45.0 Å². The lowest BCUT2D eigenvalue weighted by Gasteiger charge is -2.19. The maximum atomic E-state index is 5.90. The van der Waals surface area contributed by atoms with Gasteiger partial charge in [0.2, 0.25) is 0 Å². The van der Waals surface area contributed by atoms with Crippen LogP contribution in [0.1, 0.15) is 38.6 Å². The molecule has 3 rings (SSSR count). The number of rotatable bonds is 6. The van der Waals surface area contributed by atoms with E-state index in [1.54, 1.807) is 0 Å². The molecule has 0 amide bonds. The molecule has 132 valence electrons. The Bertz CT molecular complexity index is 843. The maximum Gasteiger partial charge on any atom is 0.119 e. The number of aromatic nitrogens is 2. The average Bonchev–Trinajstić information content (AvgIpc) is 2.87. The third-order valence-electron chi connectivity index (χ3n) is 4.21. The van der Waals surface area contributed by atoms with Crippen LogP contribution in [0.3, 0.4) is 0 Å². The van der Waals surface area contributed by atoms with Crippen LogP contribution in [-0.2, 0) is 13.0 Å². The van der Waals surface area contributed by atoms with Crippen LogP contribution in [0.5, 0.6) is 5.75 Å². The molecular weight excluding hydrogens is 308 g/mol. The number of para-hydroxylation sites is 2. The summed E-state index contributed by atoms with van der Waals surface area (Å²) < 4.78 is 8.27. The minimum absolute atomic E-state index is 0.219. The third kappa shape index (κ3) is 4.62. The quantitative estimate of drug-likeness (QED) is 0.563. The van der Waals surface area contributed by atoms with Gasteiger partial charge in [-0.25, -0.2) is 4.98 Å². The van der Waals surface area contributed by atoms with Crippen LogP contribution in [0, 0.1) is 12.3 Å². The second-order valence-corrected chi connectivity index (χ2v) is 7.92. The van der Waals surface area contributed by atoms with Crippen LogP contribution in [0.15, 0.2) is 48.5 Å². The molecule has 0 aliphatic heterocycles. The molecule has 0 N–H and O–H groups in total. The van der Waals surface area contributed by atoms with Crippen molar-refractivity contribution in [1.29, 1.82) is 0 Å². The smallest absolute Gasteiger partial charge is 0.119 e. The Labute approximate surface area is 150 Å². The van der Waals surface area contributed by atoms with Crippen molar-refractivity contribution in [3.8, 4) is 5.75 Å². The summed E-state index contributed by atoms with van der Waals surface area (Å²) in [4.78, 5) is 4.87. The van der Waals surface area contributed by atoms with Crippen molar-refractivity contribution in [2.75, 3.05) is 6.61 Å². The molecule has 1 heterocycles. The molecule has 0 atom stereocenters. The van der Waals surface area contributed by atoms with Gasteiger partial charge in [-0.2, -0.15) is 0 Å². The van der Waals surface area contributed by atoms with E-state index in [0.29, 0.717) is 6.61 Å². The number of benzene rings is 2. The molecule has 0 fully saturated rings. The lowest BCUT2D eigenvalue weighted by Crippen LogP contribution is -2.15. The van der Waals surface area contributed by atoms with E-state index >= 15 is 0 Å². The fourth-order valence-corrected chi connectivity index (χ4v) is 3.10. The molecule has 25 heavy (non-hydrogen) atoms. The van der Waals surface area contributed by atoms with Crippen LogP contribution >= 0.6 is 0 Å². The number of hydrogen-bond acceptors (Lipinski definition) is 2. The third-order valence-corrected chi connectivity index (χ3v) is 4.21. The number of imidazole rings is 1. The highest BCUT2D eigenvalue weighted by molar-refractivity contribution is 5.75. The van der Waals surface area contributed by atoms with Gasteiger partial charge in [0.05, 0.1) is 17.6 Å². The minimum atomic E-state index is 0.219. The van der Waals surface area contributed by atoms with Crippen LogP contribution < -0.4 is 4.74 Å². The van der Waals surface area contributed by atoms with E-state index in [1.165, 1.54) is 16.9 Å². The predicted octanol–water partition coefficient (Wildman–Crippen LogP) is 5.40. The Morgan fingerprint density at radius 2 is 1.84 bits per heavy atom. The first-order valence-electron chi connectivity index (χ1n) is 9.06. The molecule has 3 aromatic rings. The molecule has 0 bridgehead atoms. The first kappa shape index (κ1) is 17.5. The summed E-state index contributed by atoms with van der Waals surface area (Å²) in [6.45, 7) is 10.5. The highest BCUT2D eigenvalue weighted by Gasteiger charge is 2.17. The van der Waals surface area contributed by atoms with E-state index in [9.17, 15) is 0 Å². The molecule has 0 spiro atoms. The summed E-state index contributed by atoms with van der Waals surface area (Å²) >= 11 is 0. The molecule has 3 heteroatoms. The van der Waals surface area contributed by atoms with Gasteiger partial charge >= 0.3 is 0 Å². The summed E-state index contributed by atoms with van der Waals surface area (Å²) in [5.74, 6) is 2.12. The topological polar surface area (TPSA) is 27.1 Å². The fraction of sp³-hybridized carbons (Fsp3) is 0.409. The van der Waals surface area contributed by atoms with Gasteiger partial charge in [-0.05, 0) is 48.6 Å². The van der Waals surface area contributed by atoms with Gasteiger partial charge in [0.15, 0.2) is 0 Å². The number of nitrogens with zero attached hydrogens (tertiary/aromatic N) is 2. The van der Waals surface area contributed by atoms with E-state index in [0.717, 1.165) is 30.7 Å². The van der Waals surface area contributed by atoms with Crippen molar-refractivity contribution in [1.82, 2.24) is 9.55 Å². The van der Waals surface area contributed by atoms with E-state index < -0.39 is 0 Å². The summed E-state index contributed by atoms with van der Waals surface area (Å²) in [6, 6.07) is 16.6. The molecule has 0 unspecified atom stereocenters. The van der Waals surface area contributed by atoms with Crippen molar-refractivity contribution < 1.29 is 4.74 Å². The standard InChI is InChI=1S/C22H28N2O/c1-17-9-7-10-18(15-17)25-14-8-13-24-20-12-6-5-11-19(20)23-21(24)16-22(2,3)4/h5-7,9-12,15H,8,13-14,16H2,1-4H3. The largest absolute Gasteiger partial charge is 0.494 e. The van der Waals surface area contributed by atoms with Gasteiger partial charge in [0.1, 0.15) is 11.6 Å². The van der Waals surface area contributed by atoms with Gasteiger partial charge in [-0.3, -0.25) is 0 Å². The van der Waals surface area contributed by atoms with Crippen molar-refractivity contribution in [3.05, 3.63) is 59.9 Å². The Balaban J connectivity index is 1.70. The van der Waals surface area contributed by atoms with E-state index in [1.807, 2.05) is 12.1 Å². The molecule has 0 aliphatic rings. The Morgan fingerprint density at radius 1 is 1.04 bits per heavy atom. The van der Waals surface area contributed by atoms with Gasteiger partial charge in [0, 0.05) is 13.0 Å². The molecule has 0 saturated heterocycles. The molecular formula is C22H28N2O. The normalized spacial score (nSPS) is 11.8. The number of fused-ring (bicyclic) bond motifs is 1. The zero-order valence-electron chi connectivity index (χ0n) is 15.7. The lowest BCUT2D eigenvalue weighted by atomic mass is 9.92. The molecule has 0 saturated carbocycles. The maximum absolute atomic E-state index is 5.90. The number of aryl methyl sites for hydroxylation is 2. The Hall–Kier alpha value is -2.29. The molecule has 0 aliphatic carbocycles. The Kier molecular flexibility index (Phi) is 5.12. The highest BCUT2D eigenvalue weighted by Crippen LogP contribution is 2.24. The monoisotopic (exact) mass is 336 g/mol. The zero-order chi connectivity index (χ0) is 17.9. The van der Waals surface area contributed by atoms with Crippen LogP contribution in [0.4, 0.5) is 0 Å². The van der Waals surface area contributed by atoms with Crippen molar-refractivity contribution in [2.45, 2.75) is 47.1 Å². The first-order chi connectivity index (χ1) is 11.9. The number of ether oxygens (including phenoxy) is 1. The van der Waals surface area contributed by atoms with Gasteiger partial charge < -0.3 is 9.30 Å². The van der Waals surface area contributed by atoms with E-state index in [-0.39, 0.29) is 5.41 Å². The lowest BCUT2D eigenvalue weighted by molar-refractivity contribution is 0.300. The van der Waals surface area contributed by atoms with E-state index in [2.05, 4.69) is 68.7 Å². The summed E-state index contributed by atoms with van der Waals surface area (Å²) in [7, 11) is 0. The van der Waals surface area contributed by atoms with Gasteiger partial charge in [0.25, 0.3) is 0 Å². The van der Waals surface area contributed by atoms with Crippen LogP contribution in [0.2, 0.25) is 0 Å².